The van der Waals surface area contributed by atoms with E-state index in [9.17, 15) is 9.59 Å². The smallest absolute Gasteiger partial charge is 0.254 e. The Kier molecular flexibility index (Phi) is 1.99. The van der Waals surface area contributed by atoms with Gasteiger partial charge in [0.2, 0.25) is 5.91 Å². The molecule has 0 aromatic rings. The third kappa shape index (κ3) is 1.36. The molecule has 0 bridgehead atoms. The summed E-state index contributed by atoms with van der Waals surface area (Å²) in [4.78, 5) is 26.7. The van der Waals surface area contributed by atoms with Gasteiger partial charge in [0.1, 0.15) is 6.04 Å². The number of hydrogen-bond donors (Lipinski definition) is 2. The van der Waals surface area contributed by atoms with Crippen molar-refractivity contribution in [3.05, 3.63) is 0 Å². The Morgan fingerprint density at radius 2 is 2.17 bits per heavy atom. The van der Waals surface area contributed by atoms with Crippen LogP contribution < -0.4 is 11.5 Å². The maximum Gasteiger partial charge on any atom is 0.254 e. The first-order valence-corrected chi connectivity index (χ1v) is 3.41. The molecule has 1 fully saturated rings. The van der Waals surface area contributed by atoms with Crippen LogP contribution in [-0.2, 0) is 9.59 Å². The summed E-state index contributed by atoms with van der Waals surface area (Å²) >= 11 is 0. The van der Waals surface area contributed by atoms with Crippen molar-refractivity contribution in [1.29, 1.82) is 0 Å². The minimum absolute atomic E-state index is 0.0627. The number of rotatable bonds is 1. The largest absolute Gasteiger partial charge is 0.370 e. The lowest BCUT2D eigenvalue weighted by Gasteiger charge is -2.04. The number of amides is 2. The predicted octanol–water partition coefficient (Wildman–Crippen LogP) is -1.98. The van der Waals surface area contributed by atoms with E-state index in [2.05, 4.69) is 4.99 Å². The van der Waals surface area contributed by atoms with Crippen molar-refractivity contribution in [3.63, 3.8) is 0 Å². The molecule has 2 amide bonds. The molecule has 1 aliphatic rings. The second-order valence-electron chi connectivity index (χ2n) is 2.56. The highest BCUT2D eigenvalue weighted by atomic mass is 16.2. The number of nitrogens with two attached hydrogens (primary N) is 2. The van der Waals surface area contributed by atoms with Gasteiger partial charge in [-0.15, -0.1) is 0 Å². The third-order valence-corrected chi connectivity index (χ3v) is 1.66. The Morgan fingerprint density at radius 1 is 1.58 bits per heavy atom. The minimum atomic E-state index is -0.715. The number of nitrogens with zero attached hydrogens (tertiary/aromatic N) is 2. The lowest BCUT2D eigenvalue weighted by molar-refractivity contribution is -0.136. The predicted molar refractivity (Wildman–Crippen MR) is 42.0 cm³/mol. The quantitative estimate of drug-likeness (QED) is 0.270. The van der Waals surface area contributed by atoms with Crippen LogP contribution in [0.25, 0.3) is 0 Å². The third-order valence-electron chi connectivity index (χ3n) is 1.66. The van der Waals surface area contributed by atoms with Crippen LogP contribution in [0, 0.1) is 0 Å². The van der Waals surface area contributed by atoms with Crippen molar-refractivity contribution in [2.45, 2.75) is 12.5 Å². The van der Waals surface area contributed by atoms with Crippen LogP contribution in [0.5, 0.6) is 0 Å². The van der Waals surface area contributed by atoms with Crippen molar-refractivity contribution in [2.24, 2.45) is 16.5 Å². The first-order valence-electron chi connectivity index (χ1n) is 3.41. The Balaban J connectivity index is 2.78. The van der Waals surface area contributed by atoms with Gasteiger partial charge in [0, 0.05) is 7.05 Å². The highest BCUT2D eigenvalue weighted by Crippen LogP contribution is 2.13. The highest BCUT2D eigenvalue weighted by molar-refractivity contribution is 6.06. The van der Waals surface area contributed by atoms with Gasteiger partial charge >= 0.3 is 0 Å². The topological polar surface area (TPSA) is 102 Å². The summed E-state index contributed by atoms with van der Waals surface area (Å²) in [6.45, 7) is 0. The summed E-state index contributed by atoms with van der Waals surface area (Å²) in [6.07, 6.45) is 0.0627. The molecule has 1 rings (SSSR count). The molecule has 1 saturated heterocycles. The summed E-state index contributed by atoms with van der Waals surface area (Å²) in [6, 6.07) is -0.715. The van der Waals surface area contributed by atoms with Crippen molar-refractivity contribution in [3.8, 4) is 0 Å². The van der Waals surface area contributed by atoms with Crippen LogP contribution in [0.2, 0.25) is 0 Å². The monoisotopic (exact) mass is 170 g/mol. The molecule has 6 heteroatoms. The summed E-state index contributed by atoms with van der Waals surface area (Å²) in [5, 5.41) is 0. The minimum Gasteiger partial charge on any atom is -0.370 e. The molecule has 6 nitrogen and oxygen atoms in total. The first kappa shape index (κ1) is 8.51. The Labute approximate surface area is 69.2 Å². The summed E-state index contributed by atoms with van der Waals surface area (Å²) < 4.78 is 0. The molecule has 1 atom stereocenters. The molecule has 12 heavy (non-hydrogen) atoms. The zero-order valence-electron chi connectivity index (χ0n) is 6.65. The van der Waals surface area contributed by atoms with E-state index in [4.69, 9.17) is 11.5 Å². The fourth-order valence-electron chi connectivity index (χ4n) is 1.02. The van der Waals surface area contributed by atoms with Crippen LogP contribution in [-0.4, -0.2) is 35.8 Å². The average Bonchev–Trinajstić information content (AvgIpc) is 2.17. The van der Waals surface area contributed by atoms with E-state index in [0.717, 1.165) is 4.90 Å². The molecular weight excluding hydrogens is 160 g/mol. The van der Waals surface area contributed by atoms with Gasteiger partial charge in [0.15, 0.2) is 5.96 Å². The van der Waals surface area contributed by atoms with Crippen LogP contribution >= 0.6 is 0 Å². The second-order valence-corrected chi connectivity index (χ2v) is 2.56. The summed E-state index contributed by atoms with van der Waals surface area (Å²) in [5.41, 5.74) is 10.1. The maximum absolute atomic E-state index is 11.1. The van der Waals surface area contributed by atoms with E-state index in [1.807, 2.05) is 0 Å². The standard InChI is InChI=1S/C6H10N4O2/c1-10-4(11)2-3(5(10)12)9-6(7)8/h3H,2H2,1H3,(H4,7,8,9). The molecule has 1 unspecified atom stereocenters. The average molecular weight is 170 g/mol. The lowest BCUT2D eigenvalue weighted by atomic mass is 10.3. The summed E-state index contributed by atoms with van der Waals surface area (Å²) in [5.74, 6) is -0.778. The first-order chi connectivity index (χ1) is 5.52. The van der Waals surface area contributed by atoms with Gasteiger partial charge in [-0.3, -0.25) is 14.5 Å². The van der Waals surface area contributed by atoms with Crippen LogP contribution in [0.3, 0.4) is 0 Å². The molecular formula is C6H10N4O2. The Hall–Kier alpha value is -1.59. The van der Waals surface area contributed by atoms with Gasteiger partial charge in [-0.2, -0.15) is 0 Å². The van der Waals surface area contributed by atoms with Gasteiger partial charge in [0.25, 0.3) is 5.91 Å². The number of carbonyl (C=O) groups is 2. The molecule has 66 valence electrons. The molecule has 0 saturated carbocycles. The zero-order valence-corrected chi connectivity index (χ0v) is 6.65. The molecule has 0 spiro atoms. The number of likely N-dealkylation sites (N-methyl/N-ethyl adjacent to an activating group) is 1. The highest BCUT2D eigenvalue weighted by Gasteiger charge is 2.35. The normalized spacial score (nSPS) is 23.1. The van der Waals surface area contributed by atoms with Crippen LogP contribution in [0.15, 0.2) is 4.99 Å². The molecule has 0 aliphatic carbocycles. The SMILES string of the molecule is CN1C(=O)CC(N=C(N)N)C1=O. The van der Waals surface area contributed by atoms with E-state index in [1.54, 1.807) is 0 Å². The number of aliphatic imine (C=N–C) groups is 1. The van der Waals surface area contributed by atoms with Gasteiger partial charge < -0.3 is 11.5 Å². The van der Waals surface area contributed by atoms with Gasteiger partial charge in [-0.25, -0.2) is 4.99 Å². The van der Waals surface area contributed by atoms with E-state index in [1.165, 1.54) is 7.05 Å². The van der Waals surface area contributed by atoms with E-state index < -0.39 is 6.04 Å². The molecule has 1 aliphatic heterocycles. The van der Waals surface area contributed by atoms with E-state index in [0.29, 0.717) is 0 Å². The van der Waals surface area contributed by atoms with Gasteiger partial charge in [0.05, 0.1) is 6.42 Å². The number of guanidine groups is 1. The number of hydrogen-bond acceptors (Lipinski definition) is 3. The number of carbonyl (C=O) groups excluding carboxylic acids is 2. The Bertz CT molecular complexity index is 256. The van der Waals surface area contributed by atoms with Crippen molar-refractivity contribution in [2.75, 3.05) is 7.05 Å². The fourth-order valence-corrected chi connectivity index (χ4v) is 1.02. The summed E-state index contributed by atoms with van der Waals surface area (Å²) in [7, 11) is 1.41. The van der Waals surface area contributed by atoms with Crippen molar-refractivity contribution in [1.82, 2.24) is 4.90 Å². The molecule has 4 N–H and O–H groups in total. The van der Waals surface area contributed by atoms with Gasteiger partial charge in [-0.1, -0.05) is 0 Å². The Morgan fingerprint density at radius 3 is 2.50 bits per heavy atom. The second kappa shape index (κ2) is 2.80. The van der Waals surface area contributed by atoms with E-state index in [-0.39, 0.29) is 24.2 Å². The van der Waals surface area contributed by atoms with Crippen LogP contribution in [0.4, 0.5) is 0 Å². The molecule has 1 heterocycles. The van der Waals surface area contributed by atoms with Crippen LogP contribution in [0.1, 0.15) is 6.42 Å². The number of imide groups is 1. The fraction of sp³-hybridized carbons (Fsp3) is 0.500. The molecule has 0 radical (unpaired) electrons. The lowest BCUT2D eigenvalue weighted by Crippen LogP contribution is -2.30. The molecule has 0 aromatic heterocycles. The van der Waals surface area contributed by atoms with Gasteiger partial charge in [-0.05, 0) is 0 Å². The number of likely N-dealkylation sites (tertiary alicyclic amines) is 1. The van der Waals surface area contributed by atoms with Crippen molar-refractivity contribution < 1.29 is 9.59 Å². The van der Waals surface area contributed by atoms with E-state index >= 15 is 0 Å². The molecule has 0 aromatic carbocycles. The zero-order chi connectivity index (χ0) is 9.30. The van der Waals surface area contributed by atoms with Crippen molar-refractivity contribution >= 4 is 17.8 Å². The maximum atomic E-state index is 11.1.